The molecule has 1 aromatic carbocycles. The van der Waals surface area contributed by atoms with Gasteiger partial charge < -0.3 is 29.6 Å². The highest BCUT2D eigenvalue weighted by atomic mass is 16.5. The second kappa shape index (κ2) is 6.43. The van der Waals surface area contributed by atoms with Crippen LogP contribution in [0.4, 0.5) is 5.69 Å². The molecule has 0 saturated carbocycles. The molecule has 3 heterocycles. The molecule has 0 atom stereocenters. The third-order valence-corrected chi connectivity index (χ3v) is 4.42. The van der Waals surface area contributed by atoms with E-state index in [4.69, 9.17) is 19.9 Å². The molecule has 1 saturated heterocycles. The topological polar surface area (TPSA) is 91.2 Å². The van der Waals surface area contributed by atoms with Gasteiger partial charge in [0.2, 0.25) is 5.88 Å². The van der Waals surface area contributed by atoms with Crippen LogP contribution in [0.15, 0.2) is 23.2 Å². The molecule has 2 aliphatic heterocycles. The number of rotatable bonds is 2. The summed E-state index contributed by atoms with van der Waals surface area (Å²) in [6.07, 6.45) is 0. The van der Waals surface area contributed by atoms with Crippen molar-refractivity contribution in [3.05, 3.63) is 23.8 Å². The predicted octanol–water partition coefficient (Wildman–Crippen LogP) is 1.34. The number of hydrogen-bond acceptors (Lipinski definition) is 6. The lowest BCUT2D eigenvalue weighted by atomic mass is 10.1. The molecule has 0 amide bonds. The Hall–Kier alpha value is -2.09. The third-order valence-electron chi connectivity index (χ3n) is 4.42. The first-order valence-electron chi connectivity index (χ1n) is 8.15. The van der Waals surface area contributed by atoms with E-state index < -0.39 is 0 Å². The molecule has 2 aromatic rings. The Morgan fingerprint density at radius 2 is 1.92 bits per heavy atom. The van der Waals surface area contributed by atoms with Gasteiger partial charge in [0.05, 0.1) is 69.0 Å². The van der Waals surface area contributed by atoms with Crippen molar-refractivity contribution in [2.24, 2.45) is 4.99 Å². The average Bonchev–Trinajstić information content (AvgIpc) is 2.76. The molecule has 7 heteroatoms. The van der Waals surface area contributed by atoms with E-state index in [0.717, 1.165) is 16.6 Å². The van der Waals surface area contributed by atoms with E-state index in [0.29, 0.717) is 57.4 Å². The second-order valence-corrected chi connectivity index (χ2v) is 6.03. The quantitative estimate of drug-likeness (QED) is 0.810. The van der Waals surface area contributed by atoms with Gasteiger partial charge in [-0.05, 0) is 18.2 Å². The molecule has 0 bridgehead atoms. The van der Waals surface area contributed by atoms with Crippen LogP contribution in [0.3, 0.4) is 0 Å². The number of hydrogen-bond donors (Lipinski definition) is 2. The lowest BCUT2D eigenvalue weighted by molar-refractivity contribution is 0.103. The van der Waals surface area contributed by atoms with Crippen molar-refractivity contribution in [1.82, 2.24) is 4.57 Å². The van der Waals surface area contributed by atoms with E-state index in [2.05, 4.69) is 4.99 Å². The lowest BCUT2D eigenvalue weighted by Crippen LogP contribution is -2.20. The van der Waals surface area contributed by atoms with Crippen molar-refractivity contribution >= 4 is 22.3 Å². The number of anilines is 1. The van der Waals surface area contributed by atoms with Crippen LogP contribution in [0.5, 0.6) is 5.88 Å². The standard InChI is InChI=1S/C17H21N3O4/c18-11-1-2-15-13(7-11)16(14-10-22-4-3-19-14)17(21)20(15)12-8-23-5-6-24-9-12/h1-2,7,12,21H,3-6,8-10,18H2. The maximum absolute atomic E-state index is 11.0. The van der Waals surface area contributed by atoms with Gasteiger partial charge in [-0.15, -0.1) is 0 Å². The maximum Gasteiger partial charge on any atom is 0.201 e. The van der Waals surface area contributed by atoms with Crippen LogP contribution in [-0.4, -0.2) is 61.6 Å². The van der Waals surface area contributed by atoms with Crippen molar-refractivity contribution in [3.8, 4) is 5.88 Å². The van der Waals surface area contributed by atoms with Crippen LogP contribution in [-0.2, 0) is 14.2 Å². The number of ether oxygens (including phenoxy) is 3. The van der Waals surface area contributed by atoms with Gasteiger partial charge in [0.25, 0.3) is 0 Å². The van der Waals surface area contributed by atoms with Crippen molar-refractivity contribution in [2.75, 3.05) is 51.9 Å². The molecule has 4 rings (SSSR count). The number of aliphatic imine (C=N–C) groups is 1. The molecule has 1 fully saturated rings. The molecule has 0 spiro atoms. The zero-order chi connectivity index (χ0) is 16.5. The minimum absolute atomic E-state index is 0.0996. The van der Waals surface area contributed by atoms with Crippen LogP contribution < -0.4 is 5.73 Å². The average molecular weight is 331 g/mol. The van der Waals surface area contributed by atoms with Crippen LogP contribution >= 0.6 is 0 Å². The normalized spacial score (nSPS) is 20.1. The Morgan fingerprint density at radius 3 is 2.62 bits per heavy atom. The van der Waals surface area contributed by atoms with Crippen molar-refractivity contribution in [3.63, 3.8) is 0 Å². The van der Waals surface area contributed by atoms with Gasteiger partial charge >= 0.3 is 0 Å². The second-order valence-electron chi connectivity index (χ2n) is 6.03. The van der Waals surface area contributed by atoms with E-state index in [-0.39, 0.29) is 11.9 Å². The smallest absolute Gasteiger partial charge is 0.201 e. The third kappa shape index (κ3) is 2.64. The molecule has 0 aliphatic carbocycles. The van der Waals surface area contributed by atoms with Gasteiger partial charge in [-0.1, -0.05) is 0 Å². The van der Waals surface area contributed by atoms with E-state index in [9.17, 15) is 5.11 Å². The SMILES string of the molecule is Nc1ccc2c(c1)c(C1=NCCOC1)c(O)n2C1COCCOC1. The first-order chi connectivity index (χ1) is 11.8. The van der Waals surface area contributed by atoms with E-state index >= 15 is 0 Å². The minimum atomic E-state index is -0.0996. The Kier molecular flexibility index (Phi) is 4.13. The molecule has 0 unspecified atom stereocenters. The molecule has 7 nitrogen and oxygen atoms in total. The summed E-state index contributed by atoms with van der Waals surface area (Å²) >= 11 is 0. The Labute approximate surface area is 139 Å². The molecule has 2 aliphatic rings. The largest absolute Gasteiger partial charge is 0.494 e. The van der Waals surface area contributed by atoms with Crippen LogP contribution in [0.25, 0.3) is 10.9 Å². The lowest BCUT2D eigenvalue weighted by Gasteiger charge is -2.18. The fourth-order valence-corrected chi connectivity index (χ4v) is 3.34. The minimum Gasteiger partial charge on any atom is -0.494 e. The predicted molar refractivity (Wildman–Crippen MR) is 90.9 cm³/mol. The molecule has 24 heavy (non-hydrogen) atoms. The van der Waals surface area contributed by atoms with Gasteiger partial charge in [0, 0.05) is 11.1 Å². The summed E-state index contributed by atoms with van der Waals surface area (Å²) < 4.78 is 18.6. The Morgan fingerprint density at radius 1 is 1.12 bits per heavy atom. The van der Waals surface area contributed by atoms with Gasteiger partial charge in [-0.2, -0.15) is 0 Å². The Bertz CT molecular complexity index is 776. The number of aromatic nitrogens is 1. The summed E-state index contributed by atoms with van der Waals surface area (Å²) in [6.45, 7) is 3.70. The zero-order valence-corrected chi connectivity index (χ0v) is 13.4. The zero-order valence-electron chi connectivity index (χ0n) is 13.4. The highest BCUT2D eigenvalue weighted by Crippen LogP contribution is 2.37. The van der Waals surface area contributed by atoms with E-state index in [1.807, 2.05) is 22.8 Å². The number of nitrogens with two attached hydrogens (primary N) is 1. The molecule has 0 radical (unpaired) electrons. The van der Waals surface area contributed by atoms with Crippen molar-refractivity contribution < 1.29 is 19.3 Å². The summed E-state index contributed by atoms with van der Waals surface area (Å²) in [4.78, 5) is 4.53. The van der Waals surface area contributed by atoms with Crippen LogP contribution in [0.1, 0.15) is 11.6 Å². The van der Waals surface area contributed by atoms with Crippen molar-refractivity contribution in [2.45, 2.75) is 6.04 Å². The van der Waals surface area contributed by atoms with Crippen LogP contribution in [0.2, 0.25) is 0 Å². The first-order valence-corrected chi connectivity index (χ1v) is 8.15. The van der Waals surface area contributed by atoms with Crippen molar-refractivity contribution in [1.29, 1.82) is 0 Å². The van der Waals surface area contributed by atoms with Crippen LogP contribution in [0, 0.1) is 0 Å². The summed E-state index contributed by atoms with van der Waals surface area (Å²) in [5, 5.41) is 11.9. The highest BCUT2D eigenvalue weighted by Gasteiger charge is 2.27. The molecule has 128 valence electrons. The summed E-state index contributed by atoms with van der Waals surface area (Å²) in [5.41, 5.74) is 8.96. The molecule has 3 N–H and O–H groups in total. The van der Waals surface area contributed by atoms with E-state index in [1.165, 1.54) is 0 Å². The number of fused-ring (bicyclic) bond motifs is 1. The molecular formula is C17H21N3O4. The number of nitrogens with zero attached hydrogens (tertiary/aromatic N) is 2. The fraction of sp³-hybridized carbons (Fsp3) is 0.471. The number of nitrogen functional groups attached to an aromatic ring is 1. The molecule has 1 aromatic heterocycles. The monoisotopic (exact) mass is 331 g/mol. The number of aromatic hydroxyl groups is 1. The number of benzene rings is 1. The van der Waals surface area contributed by atoms with E-state index in [1.54, 1.807) is 0 Å². The van der Waals surface area contributed by atoms with Gasteiger partial charge in [0.15, 0.2) is 0 Å². The summed E-state index contributed by atoms with van der Waals surface area (Å²) in [6, 6.07) is 5.52. The van der Waals surface area contributed by atoms with Gasteiger partial charge in [-0.25, -0.2) is 0 Å². The first kappa shape index (κ1) is 15.4. The summed E-state index contributed by atoms with van der Waals surface area (Å²) in [7, 11) is 0. The fourth-order valence-electron chi connectivity index (χ4n) is 3.34. The Balaban J connectivity index is 1.90. The maximum atomic E-state index is 11.0. The van der Waals surface area contributed by atoms with Gasteiger partial charge in [0.1, 0.15) is 0 Å². The summed E-state index contributed by atoms with van der Waals surface area (Å²) in [5.74, 6) is 0.166. The van der Waals surface area contributed by atoms with Gasteiger partial charge in [-0.3, -0.25) is 4.99 Å². The highest BCUT2D eigenvalue weighted by molar-refractivity contribution is 6.14. The molecular weight excluding hydrogens is 310 g/mol.